The van der Waals surface area contributed by atoms with Crippen LogP contribution in [0.4, 0.5) is 0 Å². The monoisotopic (exact) mass is 359 g/mol. The average Bonchev–Trinajstić information content (AvgIpc) is 3.18. The molecule has 140 valence electrons. The van der Waals surface area contributed by atoms with Crippen LogP contribution in [-0.2, 0) is 0 Å². The summed E-state index contributed by atoms with van der Waals surface area (Å²) in [5.74, 6) is 0. The van der Waals surface area contributed by atoms with E-state index in [0.717, 1.165) is 27.9 Å². The van der Waals surface area contributed by atoms with Crippen molar-refractivity contribution in [3.05, 3.63) is 98.0 Å². The summed E-state index contributed by atoms with van der Waals surface area (Å²) in [7, 11) is 0. The number of benzene rings is 1. The van der Waals surface area contributed by atoms with Gasteiger partial charge in [0.25, 0.3) is 0 Å². The van der Waals surface area contributed by atoms with Gasteiger partial charge in [-0.3, -0.25) is 0 Å². The molecule has 1 aromatic carbocycles. The first-order chi connectivity index (χ1) is 13.3. The molecule has 3 aromatic rings. The number of aromatic nitrogens is 3. The second kappa shape index (κ2) is 12.2. The van der Waals surface area contributed by atoms with E-state index in [1.807, 2.05) is 82.7 Å². The number of nitrogens with zero attached hydrogens (tertiary/aromatic N) is 3. The lowest BCUT2D eigenvalue weighted by atomic mass is 10.1. The summed E-state index contributed by atoms with van der Waals surface area (Å²) in [6.45, 7) is 15.5. The maximum atomic E-state index is 4.59. The molecule has 0 atom stereocenters. The molecule has 0 radical (unpaired) electrons. The van der Waals surface area contributed by atoms with Gasteiger partial charge in [-0.1, -0.05) is 102 Å². The molecular formula is C24H29N3. The molecule has 0 fully saturated rings. The smallest absolute Gasteiger partial charge is 0.162 e. The van der Waals surface area contributed by atoms with Crippen molar-refractivity contribution < 1.29 is 0 Å². The van der Waals surface area contributed by atoms with E-state index in [-0.39, 0.29) is 0 Å². The van der Waals surface area contributed by atoms with Gasteiger partial charge in [-0.2, -0.15) is 5.10 Å². The van der Waals surface area contributed by atoms with Crippen molar-refractivity contribution in [2.24, 2.45) is 0 Å². The van der Waals surface area contributed by atoms with Gasteiger partial charge in [-0.05, 0) is 11.1 Å². The van der Waals surface area contributed by atoms with Crippen molar-refractivity contribution in [2.75, 3.05) is 0 Å². The fourth-order valence-electron chi connectivity index (χ4n) is 2.39. The Morgan fingerprint density at radius 2 is 1.67 bits per heavy atom. The molecule has 0 saturated carbocycles. The first-order valence-corrected chi connectivity index (χ1v) is 9.34. The molecule has 2 aromatic heterocycles. The van der Waals surface area contributed by atoms with Gasteiger partial charge < -0.3 is 0 Å². The Hall–Kier alpha value is -3.20. The molecule has 0 aliphatic heterocycles. The fourth-order valence-corrected chi connectivity index (χ4v) is 2.39. The Kier molecular flexibility index (Phi) is 9.87. The van der Waals surface area contributed by atoms with Gasteiger partial charge in [0.05, 0.1) is 6.20 Å². The highest BCUT2D eigenvalue weighted by molar-refractivity contribution is 5.79. The number of fused-ring (bicyclic) bond motifs is 1. The van der Waals surface area contributed by atoms with E-state index in [9.17, 15) is 0 Å². The molecule has 27 heavy (non-hydrogen) atoms. The van der Waals surface area contributed by atoms with Crippen LogP contribution in [-0.4, -0.2) is 14.6 Å². The topological polar surface area (TPSA) is 30.2 Å². The van der Waals surface area contributed by atoms with Crippen LogP contribution in [0, 0.1) is 0 Å². The highest BCUT2D eigenvalue weighted by Gasteiger charge is 2.09. The average molecular weight is 360 g/mol. The van der Waals surface area contributed by atoms with E-state index in [4.69, 9.17) is 0 Å². The SMILES string of the molecule is C=C/C=C\C(=C/C=C)c1cnc2c(-c3ccccc3)cnn2c1.CC.CC. The predicted octanol–water partition coefficient (Wildman–Crippen LogP) is 6.76. The first kappa shape index (κ1) is 21.8. The van der Waals surface area contributed by atoms with Crippen molar-refractivity contribution in [3.8, 4) is 11.1 Å². The van der Waals surface area contributed by atoms with Gasteiger partial charge in [0.2, 0.25) is 0 Å². The van der Waals surface area contributed by atoms with Crippen molar-refractivity contribution in [3.63, 3.8) is 0 Å². The normalized spacial score (nSPS) is 10.6. The molecule has 3 heteroatoms. The standard InChI is InChI=1S/C20H17N3.2C2H6/c1-3-5-10-16(9-4-2)18-13-21-20-19(14-22-23(20)15-18)17-11-7-6-8-12-17;2*1-2/h3-15H,1-2H2;2*1-2H3/b10-5-,16-9+;;. The van der Waals surface area contributed by atoms with Crippen LogP contribution >= 0.6 is 0 Å². The van der Waals surface area contributed by atoms with Gasteiger partial charge in [0, 0.05) is 23.5 Å². The Morgan fingerprint density at radius 3 is 2.30 bits per heavy atom. The van der Waals surface area contributed by atoms with E-state index in [1.165, 1.54) is 0 Å². The molecule has 0 bridgehead atoms. The van der Waals surface area contributed by atoms with Gasteiger partial charge in [-0.25, -0.2) is 9.50 Å². The van der Waals surface area contributed by atoms with Crippen molar-refractivity contribution >= 4 is 11.2 Å². The predicted molar refractivity (Wildman–Crippen MR) is 119 cm³/mol. The fraction of sp³-hybridized carbons (Fsp3) is 0.167. The zero-order valence-corrected chi connectivity index (χ0v) is 16.8. The summed E-state index contributed by atoms with van der Waals surface area (Å²) in [6, 6.07) is 10.1. The second-order valence-electron chi connectivity index (χ2n) is 4.99. The zero-order chi connectivity index (χ0) is 20.1. The molecule has 0 aliphatic carbocycles. The van der Waals surface area contributed by atoms with Crippen LogP contribution < -0.4 is 0 Å². The first-order valence-electron chi connectivity index (χ1n) is 9.34. The molecule has 3 nitrogen and oxygen atoms in total. The van der Waals surface area contributed by atoms with Crippen LogP contribution in [0.1, 0.15) is 33.3 Å². The molecule has 0 spiro atoms. The minimum atomic E-state index is 0.839. The van der Waals surface area contributed by atoms with Gasteiger partial charge >= 0.3 is 0 Å². The highest BCUT2D eigenvalue weighted by atomic mass is 15.2. The van der Waals surface area contributed by atoms with Crippen molar-refractivity contribution in [2.45, 2.75) is 27.7 Å². The molecule has 0 saturated heterocycles. The Bertz CT molecular complexity index is 900. The van der Waals surface area contributed by atoms with Gasteiger partial charge in [0.1, 0.15) is 0 Å². The van der Waals surface area contributed by atoms with Crippen LogP contribution in [0.3, 0.4) is 0 Å². The Labute approximate surface area is 163 Å². The summed E-state index contributed by atoms with van der Waals surface area (Å²) in [6.07, 6.45) is 15.0. The molecular weight excluding hydrogens is 330 g/mol. The quantitative estimate of drug-likeness (QED) is 0.471. The third-order valence-electron chi connectivity index (χ3n) is 3.48. The third kappa shape index (κ3) is 5.65. The van der Waals surface area contributed by atoms with Crippen molar-refractivity contribution in [1.82, 2.24) is 14.6 Å². The van der Waals surface area contributed by atoms with E-state index >= 15 is 0 Å². The second-order valence-corrected chi connectivity index (χ2v) is 4.99. The van der Waals surface area contributed by atoms with Crippen LogP contribution in [0.5, 0.6) is 0 Å². The molecule has 3 rings (SSSR count). The summed E-state index contributed by atoms with van der Waals surface area (Å²) >= 11 is 0. The minimum absolute atomic E-state index is 0.839. The third-order valence-corrected chi connectivity index (χ3v) is 3.48. The minimum Gasteiger partial charge on any atom is -0.236 e. The summed E-state index contributed by atoms with van der Waals surface area (Å²) in [4.78, 5) is 4.59. The Balaban J connectivity index is 0.000000855. The molecule has 0 amide bonds. The van der Waals surface area contributed by atoms with Crippen molar-refractivity contribution in [1.29, 1.82) is 0 Å². The Morgan fingerprint density at radius 1 is 0.963 bits per heavy atom. The highest BCUT2D eigenvalue weighted by Crippen LogP contribution is 2.24. The number of hydrogen-bond donors (Lipinski definition) is 0. The molecule has 0 aliphatic rings. The number of allylic oxidation sites excluding steroid dienone is 6. The maximum absolute atomic E-state index is 4.59. The van der Waals surface area contributed by atoms with Crippen LogP contribution in [0.25, 0.3) is 22.3 Å². The van der Waals surface area contributed by atoms with Crippen LogP contribution in [0.15, 0.2) is 92.5 Å². The van der Waals surface area contributed by atoms with Gasteiger partial charge in [-0.15, -0.1) is 0 Å². The molecule has 0 unspecified atom stereocenters. The van der Waals surface area contributed by atoms with E-state index < -0.39 is 0 Å². The van der Waals surface area contributed by atoms with Crippen LogP contribution in [0.2, 0.25) is 0 Å². The van der Waals surface area contributed by atoms with E-state index in [0.29, 0.717) is 0 Å². The molecule has 0 N–H and O–H groups in total. The lowest BCUT2D eigenvalue weighted by Crippen LogP contribution is -1.94. The van der Waals surface area contributed by atoms with E-state index in [1.54, 1.807) is 16.7 Å². The zero-order valence-electron chi connectivity index (χ0n) is 16.8. The summed E-state index contributed by atoms with van der Waals surface area (Å²) in [5.41, 5.74) is 4.94. The van der Waals surface area contributed by atoms with Gasteiger partial charge in [0.15, 0.2) is 5.65 Å². The number of hydrogen-bond acceptors (Lipinski definition) is 2. The number of rotatable bonds is 5. The lowest BCUT2D eigenvalue weighted by molar-refractivity contribution is 0.935. The van der Waals surface area contributed by atoms with E-state index in [2.05, 4.69) is 35.4 Å². The largest absolute Gasteiger partial charge is 0.236 e. The summed E-state index contributed by atoms with van der Waals surface area (Å²) in [5, 5.41) is 4.44. The molecule has 2 heterocycles. The maximum Gasteiger partial charge on any atom is 0.162 e. The summed E-state index contributed by atoms with van der Waals surface area (Å²) < 4.78 is 1.80. The lowest BCUT2D eigenvalue weighted by Gasteiger charge is -2.03.